The number of benzene rings is 5. The molecule has 0 aliphatic carbocycles. The summed E-state index contributed by atoms with van der Waals surface area (Å²) < 4.78 is 107. The van der Waals surface area contributed by atoms with Crippen LogP contribution in [0.25, 0.3) is 0 Å². The lowest BCUT2D eigenvalue weighted by Gasteiger charge is -2.40. The fourth-order valence-corrected chi connectivity index (χ4v) is 10.4. The molecule has 3 nitrogen and oxygen atoms in total. The van der Waals surface area contributed by atoms with Crippen molar-refractivity contribution >= 4 is 34.8 Å². The van der Waals surface area contributed by atoms with Crippen molar-refractivity contribution in [1.82, 2.24) is 4.31 Å². The van der Waals surface area contributed by atoms with E-state index >= 15 is 0 Å². The van der Waals surface area contributed by atoms with Gasteiger partial charge in [-0.05, 0) is 63.1 Å². The standard InChI is InChI=1S/C41H38F6NO2PS/c1-38(2,3)52(49)48(6)35(26-23-27(40(42,43)44)25-28(24-26)41(45,46)47)31-19-13-20-32-36(31)50-37-33(39(32,4)5)21-14-22-34(37)51(29-15-9-7-10-16-29)30-17-11-8-12-18-30/h7-25,35H,1-6H3/t35-,52-/m1/s1. The number of rotatable bonds is 7. The first-order valence-electron chi connectivity index (χ1n) is 16.6. The van der Waals surface area contributed by atoms with Crippen LogP contribution in [-0.4, -0.2) is 20.3 Å². The minimum absolute atomic E-state index is 0.110. The van der Waals surface area contributed by atoms with Crippen molar-refractivity contribution in [2.75, 3.05) is 7.05 Å². The van der Waals surface area contributed by atoms with E-state index in [1.165, 1.54) is 11.4 Å². The van der Waals surface area contributed by atoms with Crippen LogP contribution in [0.1, 0.15) is 74.0 Å². The molecule has 5 aromatic carbocycles. The molecule has 0 aromatic heterocycles. The van der Waals surface area contributed by atoms with Gasteiger partial charge in [0.25, 0.3) is 0 Å². The topological polar surface area (TPSA) is 29.5 Å². The van der Waals surface area contributed by atoms with Gasteiger partial charge in [-0.15, -0.1) is 0 Å². The van der Waals surface area contributed by atoms with Gasteiger partial charge in [0.2, 0.25) is 0 Å². The number of nitrogens with zero attached hydrogens (tertiary/aromatic N) is 1. The van der Waals surface area contributed by atoms with E-state index in [0.29, 0.717) is 34.8 Å². The van der Waals surface area contributed by atoms with Crippen LogP contribution >= 0.6 is 7.92 Å². The maximum atomic E-state index is 14.2. The summed E-state index contributed by atoms with van der Waals surface area (Å²) in [5, 5.41) is 3.04. The Morgan fingerprint density at radius 1 is 0.673 bits per heavy atom. The molecule has 0 N–H and O–H groups in total. The highest BCUT2D eigenvalue weighted by atomic mass is 32.2. The summed E-state index contributed by atoms with van der Waals surface area (Å²) in [7, 11) is -1.59. The smallest absolute Gasteiger partial charge is 0.416 e. The van der Waals surface area contributed by atoms with Crippen molar-refractivity contribution in [2.24, 2.45) is 0 Å². The van der Waals surface area contributed by atoms with Crippen LogP contribution in [-0.2, 0) is 28.8 Å². The molecule has 0 unspecified atom stereocenters. The van der Waals surface area contributed by atoms with Gasteiger partial charge in [-0.2, -0.15) is 26.3 Å². The van der Waals surface area contributed by atoms with E-state index in [1.807, 2.05) is 74.5 Å². The number of ether oxygens (including phenoxy) is 1. The van der Waals surface area contributed by atoms with E-state index in [0.717, 1.165) is 21.5 Å². The fraction of sp³-hybridized carbons (Fsp3) is 0.268. The van der Waals surface area contributed by atoms with E-state index < -0.39 is 58.6 Å². The third-order valence-electron chi connectivity index (χ3n) is 9.23. The quantitative estimate of drug-likeness (QED) is 0.122. The third-order valence-corrected chi connectivity index (χ3v) is 13.5. The number of alkyl halides is 6. The fourth-order valence-electron chi connectivity index (χ4n) is 6.76. The lowest BCUT2D eigenvalue weighted by molar-refractivity contribution is -0.143. The van der Waals surface area contributed by atoms with Crippen molar-refractivity contribution in [1.29, 1.82) is 0 Å². The summed E-state index contributed by atoms with van der Waals surface area (Å²) in [5.41, 5.74) is -2.05. The van der Waals surface area contributed by atoms with Crippen LogP contribution in [0, 0.1) is 0 Å². The zero-order chi connectivity index (χ0) is 37.8. The first-order chi connectivity index (χ1) is 24.3. The Bertz CT molecular complexity index is 2040. The Balaban J connectivity index is 1.63. The van der Waals surface area contributed by atoms with Gasteiger partial charge < -0.3 is 4.74 Å². The maximum absolute atomic E-state index is 14.2. The lowest BCUT2D eigenvalue weighted by atomic mass is 9.74. The molecule has 272 valence electrons. The summed E-state index contributed by atoms with van der Waals surface area (Å²) in [4.78, 5) is 0. The third kappa shape index (κ3) is 7.17. The summed E-state index contributed by atoms with van der Waals surface area (Å²) in [5.74, 6) is 0.877. The Morgan fingerprint density at radius 2 is 1.15 bits per heavy atom. The molecular formula is C41H38F6NO2PS. The van der Waals surface area contributed by atoms with Crippen LogP contribution < -0.4 is 20.7 Å². The van der Waals surface area contributed by atoms with Crippen LogP contribution in [0.15, 0.2) is 115 Å². The van der Waals surface area contributed by atoms with E-state index in [2.05, 4.69) is 24.3 Å². The molecule has 52 heavy (non-hydrogen) atoms. The Kier molecular flexibility index (Phi) is 10.0. The van der Waals surface area contributed by atoms with Gasteiger partial charge in [-0.25, -0.2) is 8.51 Å². The molecule has 0 saturated heterocycles. The molecule has 1 aliphatic rings. The molecule has 0 saturated carbocycles. The van der Waals surface area contributed by atoms with Gasteiger partial charge >= 0.3 is 12.4 Å². The SMILES string of the molecule is CN([C@H](c1cc(C(F)(F)F)cc(C(F)(F)F)c1)c1cccc2c1Oc1c(P(c3ccccc3)c3ccccc3)cccc1C2(C)C)[S@](=O)C(C)(C)C. The number of para-hydroxylation sites is 2. The van der Waals surface area contributed by atoms with Gasteiger partial charge in [0.15, 0.2) is 0 Å². The molecule has 1 aliphatic heterocycles. The average molecular weight is 754 g/mol. The molecule has 6 rings (SSSR count). The number of hydrogen-bond donors (Lipinski definition) is 0. The number of hydrogen-bond acceptors (Lipinski definition) is 2. The molecule has 1 heterocycles. The molecule has 11 heteroatoms. The highest BCUT2D eigenvalue weighted by molar-refractivity contribution is 7.84. The zero-order valence-electron chi connectivity index (χ0n) is 29.4. The monoisotopic (exact) mass is 753 g/mol. The van der Waals surface area contributed by atoms with Crippen LogP contribution in [0.5, 0.6) is 11.5 Å². The minimum Gasteiger partial charge on any atom is -0.456 e. The predicted octanol–water partition coefficient (Wildman–Crippen LogP) is 10.4. The Hall–Kier alpha value is -3.98. The van der Waals surface area contributed by atoms with Crippen LogP contribution in [0.2, 0.25) is 0 Å². The highest BCUT2D eigenvalue weighted by Gasteiger charge is 2.43. The van der Waals surface area contributed by atoms with Crippen molar-refractivity contribution in [3.63, 3.8) is 0 Å². The second-order valence-electron chi connectivity index (χ2n) is 14.3. The van der Waals surface area contributed by atoms with Crippen molar-refractivity contribution in [2.45, 2.75) is 63.2 Å². The first-order valence-corrected chi connectivity index (χ1v) is 19.0. The molecule has 0 radical (unpaired) electrons. The average Bonchev–Trinajstić information content (AvgIpc) is 3.08. The number of fused-ring (bicyclic) bond motifs is 2. The second-order valence-corrected chi connectivity index (χ2v) is 18.7. The highest BCUT2D eigenvalue weighted by Crippen LogP contribution is 2.53. The van der Waals surface area contributed by atoms with E-state index in [4.69, 9.17) is 4.74 Å². The Labute approximate surface area is 304 Å². The van der Waals surface area contributed by atoms with Gasteiger partial charge in [-0.1, -0.05) is 111 Å². The zero-order valence-corrected chi connectivity index (χ0v) is 31.1. The van der Waals surface area contributed by atoms with Gasteiger partial charge in [0.1, 0.15) is 22.5 Å². The molecule has 0 amide bonds. The molecule has 0 bridgehead atoms. The predicted molar refractivity (Wildman–Crippen MR) is 198 cm³/mol. The lowest BCUT2D eigenvalue weighted by Crippen LogP contribution is -2.38. The normalized spacial score (nSPS) is 15.5. The van der Waals surface area contributed by atoms with E-state index in [-0.39, 0.29) is 11.6 Å². The summed E-state index contributed by atoms with van der Waals surface area (Å²) in [6.07, 6.45) is -10.1. The van der Waals surface area contributed by atoms with E-state index in [1.54, 1.807) is 32.9 Å². The molecular weight excluding hydrogens is 715 g/mol. The summed E-state index contributed by atoms with van der Waals surface area (Å²) >= 11 is 0. The second kappa shape index (κ2) is 13.8. The van der Waals surface area contributed by atoms with Crippen molar-refractivity contribution in [3.8, 4) is 11.5 Å². The van der Waals surface area contributed by atoms with Crippen LogP contribution in [0.4, 0.5) is 26.3 Å². The Morgan fingerprint density at radius 3 is 1.63 bits per heavy atom. The minimum atomic E-state index is -5.07. The van der Waals surface area contributed by atoms with Gasteiger partial charge in [0, 0.05) is 34.5 Å². The molecule has 0 spiro atoms. The largest absolute Gasteiger partial charge is 0.456 e. The molecule has 0 fully saturated rings. The van der Waals surface area contributed by atoms with Gasteiger partial charge in [0.05, 0.1) is 21.9 Å². The number of halogens is 6. The van der Waals surface area contributed by atoms with Crippen molar-refractivity contribution in [3.05, 3.63) is 149 Å². The molecule has 2 atom stereocenters. The maximum Gasteiger partial charge on any atom is 0.416 e. The van der Waals surface area contributed by atoms with Crippen LogP contribution in [0.3, 0.4) is 0 Å². The van der Waals surface area contributed by atoms with Crippen molar-refractivity contribution < 1.29 is 35.3 Å². The first kappa shape index (κ1) is 37.8. The van der Waals surface area contributed by atoms with Gasteiger partial charge in [-0.3, -0.25) is 0 Å². The summed E-state index contributed by atoms with van der Waals surface area (Å²) in [6, 6.07) is 31.4. The summed E-state index contributed by atoms with van der Waals surface area (Å²) in [6.45, 7) is 9.13. The van der Waals surface area contributed by atoms with E-state index in [9.17, 15) is 30.6 Å². The molecule has 5 aromatic rings.